The van der Waals surface area contributed by atoms with Crippen molar-refractivity contribution in [2.75, 3.05) is 0 Å². The molecule has 1 unspecified atom stereocenters. The molecule has 6 heteroatoms. The third kappa shape index (κ3) is 5.08. The first-order valence-electron chi connectivity index (χ1n) is 19.7. The number of hydrogen-bond acceptors (Lipinski definition) is 5. The van der Waals surface area contributed by atoms with Crippen LogP contribution in [0.5, 0.6) is 0 Å². The number of hydrogen-bond donors (Lipinski definition) is 0. The lowest BCUT2D eigenvalue weighted by molar-refractivity contribution is 0.669. The van der Waals surface area contributed by atoms with Crippen molar-refractivity contribution < 1.29 is 8.83 Å². The van der Waals surface area contributed by atoms with Crippen LogP contribution in [0, 0.1) is 5.92 Å². The topological polar surface area (TPSA) is 68.3 Å². The molecular weight excluding hydrogens is 713 g/mol. The van der Waals surface area contributed by atoms with Gasteiger partial charge in [-0.1, -0.05) is 122 Å². The number of rotatable bonds is 4. The molecule has 1 aliphatic heterocycles. The Labute approximate surface area is 332 Å². The number of furan rings is 2. The number of fused-ring (bicyclic) bond motifs is 13. The largest absolute Gasteiger partial charge is 0.456 e. The zero-order chi connectivity index (χ0) is 38.3. The highest BCUT2D eigenvalue weighted by Gasteiger charge is 2.22. The van der Waals surface area contributed by atoms with E-state index in [4.69, 9.17) is 23.8 Å². The van der Waals surface area contributed by atoms with Gasteiger partial charge in [-0.15, -0.1) is 0 Å². The van der Waals surface area contributed by atoms with Gasteiger partial charge >= 0.3 is 0 Å². The van der Waals surface area contributed by atoms with E-state index in [-0.39, 0.29) is 5.92 Å². The van der Waals surface area contributed by atoms with Crippen LogP contribution in [-0.4, -0.2) is 20.9 Å². The fourth-order valence-corrected chi connectivity index (χ4v) is 8.76. The first-order valence-corrected chi connectivity index (χ1v) is 19.7. The third-order valence-corrected chi connectivity index (χ3v) is 11.6. The Morgan fingerprint density at radius 1 is 0.517 bits per heavy atom. The molecule has 0 saturated heterocycles. The van der Waals surface area contributed by atoms with Gasteiger partial charge in [-0.2, -0.15) is 0 Å². The predicted molar refractivity (Wildman–Crippen MR) is 238 cm³/mol. The van der Waals surface area contributed by atoms with Crippen molar-refractivity contribution in [3.63, 3.8) is 0 Å². The van der Waals surface area contributed by atoms with E-state index in [0.717, 1.165) is 117 Å². The lowest BCUT2D eigenvalue weighted by Crippen LogP contribution is -2.17. The molecule has 0 spiro atoms. The monoisotopic (exact) mass is 746 g/mol. The van der Waals surface area contributed by atoms with Gasteiger partial charge in [0.05, 0.1) is 22.4 Å². The van der Waals surface area contributed by atoms with Crippen LogP contribution in [0.3, 0.4) is 0 Å². The number of para-hydroxylation sites is 2. The van der Waals surface area contributed by atoms with Crippen LogP contribution in [0.25, 0.3) is 88.3 Å². The summed E-state index contributed by atoms with van der Waals surface area (Å²) < 4.78 is 15.4. The molecule has 0 bridgehead atoms. The van der Waals surface area contributed by atoms with E-state index < -0.39 is 0 Å². The van der Waals surface area contributed by atoms with Gasteiger partial charge in [-0.05, 0) is 83.3 Å². The second-order valence-corrected chi connectivity index (χ2v) is 15.2. The van der Waals surface area contributed by atoms with Gasteiger partial charge in [0.1, 0.15) is 27.9 Å². The molecule has 0 saturated carbocycles. The summed E-state index contributed by atoms with van der Waals surface area (Å²) in [5, 5.41) is 5.20. The lowest BCUT2D eigenvalue weighted by atomic mass is 9.93. The third-order valence-electron chi connectivity index (χ3n) is 11.6. The van der Waals surface area contributed by atoms with Crippen LogP contribution in [0.2, 0.25) is 0 Å². The van der Waals surface area contributed by atoms with Gasteiger partial charge in [-0.3, -0.25) is 4.40 Å². The molecule has 12 rings (SSSR count). The quantitative estimate of drug-likeness (QED) is 0.180. The standard InChI is InChI=1S/C52H34N4O2/c1-31-20-24-42(32-12-4-2-5-13-32)53-51(55-48(31)33-14-6-3-7-15-33)36-23-27-46-40(30-36)39-28-34(21-25-45(39)57-46)35-22-26-47-41(29-35)49-50(58-47)37-16-8-9-17-38(37)52-54-43-18-10-11-19-44(43)56(49)52/h2-19,21-31H,20H2,1H3/b42-24+,53-51-,55-48+. The number of nitrogens with zero attached hydrogens (tertiary/aromatic N) is 4. The maximum Gasteiger partial charge on any atom is 0.160 e. The van der Waals surface area contributed by atoms with Crippen LogP contribution >= 0.6 is 0 Å². The number of imidazole rings is 1. The van der Waals surface area contributed by atoms with E-state index >= 15 is 0 Å². The van der Waals surface area contributed by atoms with Crippen LogP contribution in [0.1, 0.15) is 30.0 Å². The van der Waals surface area contributed by atoms with E-state index in [9.17, 15) is 0 Å². The Morgan fingerprint density at radius 3 is 1.88 bits per heavy atom. The number of amidine groups is 1. The first-order chi connectivity index (χ1) is 28.6. The molecule has 4 aromatic heterocycles. The van der Waals surface area contributed by atoms with E-state index in [1.807, 2.05) is 24.3 Å². The maximum absolute atomic E-state index is 6.67. The maximum atomic E-state index is 6.67. The molecule has 58 heavy (non-hydrogen) atoms. The van der Waals surface area contributed by atoms with E-state index in [0.29, 0.717) is 5.84 Å². The summed E-state index contributed by atoms with van der Waals surface area (Å²) in [5.74, 6) is 0.871. The van der Waals surface area contributed by atoms with Crippen molar-refractivity contribution in [3.05, 3.63) is 187 Å². The molecule has 1 atom stereocenters. The van der Waals surface area contributed by atoms with Gasteiger partial charge in [0.15, 0.2) is 11.4 Å². The van der Waals surface area contributed by atoms with Crippen LogP contribution in [0.4, 0.5) is 0 Å². The SMILES string of the molecule is CC1C/C=C(c2ccccc2)/N=C(c2ccc3oc4ccc(-c5ccc6oc7c8ccccc8c8nc9ccccc9n8c7c6c5)cc4c3c2)\N=C/1c1ccccc1. The number of aliphatic imine (C=N–C) groups is 2. The Bertz CT molecular complexity index is 3550. The summed E-state index contributed by atoms with van der Waals surface area (Å²) in [6.45, 7) is 2.24. The summed E-state index contributed by atoms with van der Waals surface area (Å²) in [5.41, 5.74) is 14.5. The van der Waals surface area contributed by atoms with Gasteiger partial charge in [-0.25, -0.2) is 15.0 Å². The average Bonchev–Trinajstić information content (AvgIpc) is 3.97. The Hall–Kier alpha value is -7.57. The summed E-state index contributed by atoms with van der Waals surface area (Å²) in [6.07, 6.45) is 3.09. The molecule has 274 valence electrons. The molecule has 7 aromatic carbocycles. The molecule has 0 radical (unpaired) electrons. The predicted octanol–water partition coefficient (Wildman–Crippen LogP) is 13.4. The molecule has 1 aliphatic rings. The number of allylic oxidation sites excluding steroid dienone is 1. The highest BCUT2D eigenvalue weighted by molar-refractivity contribution is 6.20. The normalized spacial score (nSPS) is 17.7. The average molecular weight is 747 g/mol. The summed E-state index contributed by atoms with van der Waals surface area (Å²) in [6, 6.07) is 56.8. The minimum atomic E-state index is 0.194. The molecule has 6 nitrogen and oxygen atoms in total. The van der Waals surface area contributed by atoms with Crippen LogP contribution < -0.4 is 0 Å². The molecule has 0 fully saturated rings. The fourth-order valence-electron chi connectivity index (χ4n) is 8.76. The Kier molecular flexibility index (Phi) is 7.17. The van der Waals surface area contributed by atoms with Crippen molar-refractivity contribution in [1.29, 1.82) is 0 Å². The summed E-state index contributed by atoms with van der Waals surface area (Å²) >= 11 is 0. The highest BCUT2D eigenvalue weighted by Crippen LogP contribution is 2.40. The molecule has 0 N–H and O–H groups in total. The van der Waals surface area contributed by atoms with Gasteiger partial charge in [0, 0.05) is 38.4 Å². The number of aromatic nitrogens is 2. The highest BCUT2D eigenvalue weighted by atomic mass is 16.3. The van der Waals surface area contributed by atoms with Crippen molar-refractivity contribution in [2.45, 2.75) is 13.3 Å². The van der Waals surface area contributed by atoms with Gasteiger partial charge in [0.25, 0.3) is 0 Å². The van der Waals surface area contributed by atoms with Crippen molar-refractivity contribution in [3.8, 4) is 11.1 Å². The molecule has 0 aliphatic carbocycles. The Balaban J connectivity index is 1.03. The van der Waals surface area contributed by atoms with Crippen molar-refractivity contribution in [1.82, 2.24) is 9.38 Å². The van der Waals surface area contributed by atoms with E-state index in [1.165, 1.54) is 0 Å². The van der Waals surface area contributed by atoms with Crippen molar-refractivity contribution >= 4 is 88.7 Å². The molecular formula is C52H34N4O2. The minimum absolute atomic E-state index is 0.194. The second kappa shape index (κ2) is 12.7. The van der Waals surface area contributed by atoms with Gasteiger partial charge in [0.2, 0.25) is 0 Å². The van der Waals surface area contributed by atoms with Crippen LogP contribution in [-0.2, 0) is 0 Å². The van der Waals surface area contributed by atoms with E-state index in [1.54, 1.807) is 0 Å². The first kappa shape index (κ1) is 32.7. The molecule has 5 heterocycles. The van der Waals surface area contributed by atoms with E-state index in [2.05, 4.69) is 157 Å². The van der Waals surface area contributed by atoms with Gasteiger partial charge < -0.3 is 8.83 Å². The molecule has 0 amide bonds. The zero-order valence-corrected chi connectivity index (χ0v) is 31.6. The minimum Gasteiger partial charge on any atom is -0.456 e. The smallest absolute Gasteiger partial charge is 0.160 e. The lowest BCUT2D eigenvalue weighted by Gasteiger charge is -2.18. The zero-order valence-electron chi connectivity index (χ0n) is 31.6. The number of pyridine rings is 1. The second-order valence-electron chi connectivity index (χ2n) is 15.2. The fraction of sp³-hybridized carbons (Fsp3) is 0.0577. The van der Waals surface area contributed by atoms with Crippen molar-refractivity contribution in [2.24, 2.45) is 15.9 Å². The summed E-state index contributed by atoms with van der Waals surface area (Å²) in [7, 11) is 0. The Morgan fingerprint density at radius 2 is 1.12 bits per heavy atom. The summed E-state index contributed by atoms with van der Waals surface area (Å²) in [4.78, 5) is 15.7. The number of benzene rings is 7. The molecule has 11 aromatic rings. The van der Waals surface area contributed by atoms with Crippen LogP contribution in [0.15, 0.2) is 189 Å².